The molecule has 0 aliphatic carbocycles. The number of rotatable bonds is 9. The maximum atomic E-state index is 12.5. The van der Waals surface area contributed by atoms with Gasteiger partial charge in [0.2, 0.25) is 0 Å². The Morgan fingerprint density at radius 3 is 2.22 bits per heavy atom. The normalized spacial score (nSPS) is 11.7. The molecular weight excluding hydrogens is 327 g/mol. The third-order valence-electron chi connectivity index (χ3n) is 2.61. The summed E-state index contributed by atoms with van der Waals surface area (Å²) in [5.74, 6) is -0.329. The molecule has 0 radical (unpaired) electrons. The van der Waals surface area contributed by atoms with Gasteiger partial charge in [-0.1, -0.05) is 29.4 Å². The molecule has 0 atom stereocenters. The van der Waals surface area contributed by atoms with Gasteiger partial charge in [-0.25, -0.2) is 14.6 Å². The molecule has 1 N–H and O–H groups in total. The summed E-state index contributed by atoms with van der Waals surface area (Å²) in [5.41, 5.74) is 1.31. The molecule has 0 amide bonds. The quantitative estimate of drug-likeness (QED) is 0.420. The van der Waals surface area contributed by atoms with Crippen LogP contribution in [-0.4, -0.2) is 23.4 Å². The Morgan fingerprint density at radius 1 is 1.13 bits per heavy atom. The van der Waals surface area contributed by atoms with Gasteiger partial charge in [0.1, 0.15) is 0 Å². The third kappa shape index (κ3) is 5.12. The van der Waals surface area contributed by atoms with E-state index < -0.39 is 13.4 Å². The van der Waals surface area contributed by atoms with Crippen molar-refractivity contribution in [3.05, 3.63) is 40.4 Å². The number of H-pyrrole nitrogens is 1. The second kappa shape index (κ2) is 8.19. The van der Waals surface area contributed by atoms with E-state index in [1.807, 2.05) is 0 Å². The minimum Gasteiger partial charge on any atom is -0.296 e. The molecule has 2 rings (SSSR count). The molecule has 1 aromatic carbocycles. The fraction of sp³-hybridized carbons (Fsp3) is 0.385. The highest BCUT2D eigenvalue weighted by Gasteiger charge is 2.28. The molecule has 10 heteroatoms. The van der Waals surface area contributed by atoms with Gasteiger partial charge in [0.05, 0.1) is 19.4 Å². The van der Waals surface area contributed by atoms with Crippen molar-refractivity contribution in [2.75, 3.05) is 13.2 Å². The highest BCUT2D eigenvalue weighted by Crippen LogP contribution is 2.51. The minimum atomic E-state index is -3.59. The Labute approximate surface area is 131 Å². The van der Waals surface area contributed by atoms with Crippen LogP contribution in [0.3, 0.4) is 0 Å². The summed E-state index contributed by atoms with van der Waals surface area (Å²) < 4.78 is 26.6. The van der Waals surface area contributed by atoms with Crippen molar-refractivity contribution in [1.82, 2.24) is 10.1 Å². The molecule has 0 saturated carbocycles. The van der Waals surface area contributed by atoms with Gasteiger partial charge in [-0.15, -0.1) is 9.35 Å². The summed E-state index contributed by atoms with van der Waals surface area (Å²) in [4.78, 5) is 22.8. The molecule has 0 aliphatic rings. The fourth-order valence-electron chi connectivity index (χ4n) is 1.68. The van der Waals surface area contributed by atoms with Crippen molar-refractivity contribution < 1.29 is 28.2 Å². The summed E-state index contributed by atoms with van der Waals surface area (Å²) in [7, 11) is -3.59. The third-order valence-corrected chi connectivity index (χ3v) is 4.03. The molecule has 1 aromatic heterocycles. The summed E-state index contributed by atoms with van der Waals surface area (Å²) in [6, 6.07) is 6.77. The van der Waals surface area contributed by atoms with Gasteiger partial charge in [-0.3, -0.25) is 14.1 Å². The van der Waals surface area contributed by atoms with E-state index in [-0.39, 0.29) is 19.4 Å². The lowest BCUT2D eigenvalue weighted by molar-refractivity contribution is -0.263. The van der Waals surface area contributed by atoms with Gasteiger partial charge >= 0.3 is 13.4 Å². The molecule has 2 aromatic rings. The van der Waals surface area contributed by atoms with Crippen molar-refractivity contribution in [3.63, 3.8) is 0 Å². The van der Waals surface area contributed by atoms with Crippen LogP contribution in [0.2, 0.25) is 0 Å². The highest BCUT2D eigenvalue weighted by atomic mass is 31.2. The van der Waals surface area contributed by atoms with E-state index in [4.69, 9.17) is 19.1 Å². The van der Waals surface area contributed by atoms with E-state index in [0.29, 0.717) is 17.0 Å². The van der Waals surface area contributed by atoms with Crippen LogP contribution in [0.25, 0.3) is 11.4 Å². The molecule has 0 aliphatic heterocycles. The van der Waals surface area contributed by atoms with E-state index in [2.05, 4.69) is 14.7 Å². The summed E-state index contributed by atoms with van der Waals surface area (Å²) in [6.45, 7) is 3.83. The monoisotopic (exact) mass is 344 g/mol. The summed E-state index contributed by atoms with van der Waals surface area (Å²) in [5, 5.41) is 3.58. The summed E-state index contributed by atoms with van der Waals surface area (Å²) in [6.07, 6.45) is -0.0391. The second-order valence-electron chi connectivity index (χ2n) is 4.37. The molecule has 1 heterocycles. The number of hydrogen-bond donors (Lipinski definition) is 1. The molecule has 9 nitrogen and oxygen atoms in total. The van der Waals surface area contributed by atoms with Crippen molar-refractivity contribution in [2.24, 2.45) is 0 Å². The summed E-state index contributed by atoms with van der Waals surface area (Å²) >= 11 is 0. The molecular formula is C13H17N2O7P. The number of benzene rings is 1. The van der Waals surface area contributed by atoms with Crippen LogP contribution in [0.5, 0.6) is 0 Å². The lowest BCUT2D eigenvalue weighted by atomic mass is 10.1. The van der Waals surface area contributed by atoms with Crippen LogP contribution in [0.1, 0.15) is 19.4 Å². The van der Waals surface area contributed by atoms with Crippen molar-refractivity contribution in [3.8, 4) is 11.4 Å². The topological polar surface area (TPSA) is 113 Å². The predicted octanol–water partition coefficient (Wildman–Crippen LogP) is 2.66. The molecule has 0 saturated heterocycles. The van der Waals surface area contributed by atoms with E-state index in [9.17, 15) is 9.36 Å². The average molecular weight is 344 g/mol. The zero-order valence-corrected chi connectivity index (χ0v) is 13.6. The second-order valence-corrected chi connectivity index (χ2v) is 6.21. The van der Waals surface area contributed by atoms with E-state index >= 15 is 0 Å². The first kappa shape index (κ1) is 17.6. The van der Waals surface area contributed by atoms with Crippen LogP contribution in [0.15, 0.2) is 33.6 Å². The van der Waals surface area contributed by atoms with Crippen LogP contribution < -0.4 is 5.76 Å². The van der Waals surface area contributed by atoms with Gasteiger partial charge in [-0.05, 0) is 19.4 Å². The SMILES string of the molecule is CCOOP(=O)(Cc1ccc(-c2noc(=O)[nH]2)cc1)OOCC. The average Bonchev–Trinajstić information content (AvgIpc) is 2.98. The first-order valence-electron chi connectivity index (χ1n) is 6.93. The van der Waals surface area contributed by atoms with E-state index in [1.54, 1.807) is 38.1 Å². The molecule has 23 heavy (non-hydrogen) atoms. The van der Waals surface area contributed by atoms with Crippen molar-refractivity contribution in [2.45, 2.75) is 20.0 Å². The first-order chi connectivity index (χ1) is 11.1. The van der Waals surface area contributed by atoms with Crippen LogP contribution in [0.4, 0.5) is 0 Å². The molecule has 0 fully saturated rings. The van der Waals surface area contributed by atoms with Crippen LogP contribution >= 0.6 is 7.60 Å². The Bertz CT molecular complexity index is 698. The first-order valence-corrected chi connectivity index (χ1v) is 8.66. The lowest BCUT2D eigenvalue weighted by Crippen LogP contribution is -2.01. The fourth-order valence-corrected chi connectivity index (χ4v) is 3.00. The van der Waals surface area contributed by atoms with Crippen molar-refractivity contribution >= 4 is 7.60 Å². The Hall–Kier alpha value is -1.77. The van der Waals surface area contributed by atoms with Crippen LogP contribution in [-0.2, 0) is 29.9 Å². The zero-order valence-electron chi connectivity index (χ0n) is 12.7. The van der Waals surface area contributed by atoms with E-state index in [0.717, 1.165) is 0 Å². The number of aromatic nitrogens is 2. The molecule has 0 spiro atoms. The predicted molar refractivity (Wildman–Crippen MR) is 79.3 cm³/mol. The highest BCUT2D eigenvalue weighted by molar-refractivity contribution is 7.52. The van der Waals surface area contributed by atoms with Gasteiger partial charge in [-0.2, -0.15) is 0 Å². The number of aromatic amines is 1. The smallest absolute Gasteiger partial charge is 0.296 e. The lowest BCUT2D eigenvalue weighted by Gasteiger charge is -2.15. The van der Waals surface area contributed by atoms with Crippen LogP contribution in [0, 0.1) is 0 Å². The number of nitrogens with zero attached hydrogens (tertiary/aromatic N) is 1. The standard InChI is InChI=1S/C13H17N2O7P/c1-3-18-21-23(17,22-19-4-2)9-10-5-7-11(8-6-10)12-14-13(16)20-15-12/h5-8H,3-4,9H2,1-2H3,(H,14,15,16). The Kier molecular flexibility index (Phi) is 6.26. The Balaban J connectivity index is 2.10. The largest absolute Gasteiger partial charge is 0.439 e. The molecule has 126 valence electrons. The Morgan fingerprint density at radius 2 is 1.74 bits per heavy atom. The van der Waals surface area contributed by atoms with E-state index in [1.165, 1.54) is 0 Å². The van der Waals surface area contributed by atoms with Gasteiger partial charge in [0.25, 0.3) is 0 Å². The van der Waals surface area contributed by atoms with Crippen molar-refractivity contribution in [1.29, 1.82) is 0 Å². The van der Waals surface area contributed by atoms with Gasteiger partial charge in [0.15, 0.2) is 5.82 Å². The number of nitrogens with one attached hydrogen (secondary N) is 1. The minimum absolute atomic E-state index is 0.0391. The van der Waals surface area contributed by atoms with Gasteiger partial charge < -0.3 is 0 Å². The maximum Gasteiger partial charge on any atom is 0.439 e. The maximum absolute atomic E-state index is 12.5. The van der Waals surface area contributed by atoms with Gasteiger partial charge in [0, 0.05) is 5.56 Å². The molecule has 0 bridgehead atoms. The molecule has 0 unspecified atom stereocenters. The number of hydrogen-bond acceptors (Lipinski definition) is 8. The zero-order chi connectivity index (χ0) is 16.7.